The molecule has 0 N–H and O–H groups in total. The average molecular weight is 503 g/mol. The molecule has 2 aromatic heterocycles. The van der Waals surface area contributed by atoms with E-state index >= 15 is 0 Å². The van der Waals surface area contributed by atoms with Gasteiger partial charge in [-0.2, -0.15) is 18.3 Å². The van der Waals surface area contributed by atoms with Crippen LogP contribution in [0.2, 0.25) is 5.02 Å². The standard InChI is InChI=1S/C22H20ClF5N4O2/c23-18-15-5-11(10-1-2-10)6-16(22(26,27)28)32(15)29-19(18)20(34)30-3-4-31(17(33)9-30)12-7-13-14(8-12)21(13,24)25/h5-6,10,12-14H,1-4,7-9H2. The van der Waals surface area contributed by atoms with Gasteiger partial charge >= 0.3 is 6.18 Å². The number of piperazine rings is 1. The van der Waals surface area contributed by atoms with Crippen LogP contribution in [0.3, 0.4) is 0 Å². The zero-order chi connectivity index (χ0) is 24.2. The largest absolute Gasteiger partial charge is 0.433 e. The molecule has 2 amide bonds. The Morgan fingerprint density at radius 2 is 1.79 bits per heavy atom. The van der Waals surface area contributed by atoms with E-state index in [9.17, 15) is 31.5 Å². The van der Waals surface area contributed by atoms with Gasteiger partial charge in [0.05, 0.1) is 10.5 Å². The summed E-state index contributed by atoms with van der Waals surface area (Å²) in [6.45, 7) is -0.00790. The van der Waals surface area contributed by atoms with Gasteiger partial charge in [0, 0.05) is 31.0 Å². The molecule has 6 nitrogen and oxygen atoms in total. The third-order valence-corrected chi connectivity index (χ3v) is 8.01. The Morgan fingerprint density at radius 3 is 2.38 bits per heavy atom. The van der Waals surface area contributed by atoms with Gasteiger partial charge in [0.25, 0.3) is 11.8 Å². The van der Waals surface area contributed by atoms with Gasteiger partial charge in [-0.15, -0.1) is 0 Å². The molecule has 3 aliphatic carbocycles. The highest BCUT2D eigenvalue weighted by Crippen LogP contribution is 2.64. The Bertz CT molecular complexity index is 1210. The summed E-state index contributed by atoms with van der Waals surface area (Å²) in [5.74, 6) is -5.06. The minimum atomic E-state index is -4.70. The van der Waals surface area contributed by atoms with Crippen LogP contribution in [0.1, 0.15) is 53.3 Å². The van der Waals surface area contributed by atoms with Crippen molar-refractivity contribution in [3.63, 3.8) is 0 Å². The molecule has 4 fully saturated rings. The smallest absolute Gasteiger partial charge is 0.336 e. The van der Waals surface area contributed by atoms with E-state index in [1.54, 1.807) is 4.90 Å². The monoisotopic (exact) mass is 502 g/mol. The molecule has 2 atom stereocenters. The van der Waals surface area contributed by atoms with Crippen LogP contribution < -0.4 is 0 Å². The normalized spacial score (nSPS) is 28.5. The summed E-state index contributed by atoms with van der Waals surface area (Å²) in [7, 11) is 0. The van der Waals surface area contributed by atoms with E-state index in [1.165, 1.54) is 11.0 Å². The van der Waals surface area contributed by atoms with Crippen LogP contribution >= 0.6 is 11.6 Å². The molecule has 6 rings (SSSR count). The van der Waals surface area contributed by atoms with Gasteiger partial charge in [-0.1, -0.05) is 11.6 Å². The number of carbonyl (C=O) groups is 2. The highest BCUT2D eigenvalue weighted by Gasteiger charge is 2.72. The first-order valence-electron chi connectivity index (χ1n) is 11.2. The van der Waals surface area contributed by atoms with Gasteiger partial charge < -0.3 is 9.80 Å². The highest BCUT2D eigenvalue weighted by molar-refractivity contribution is 6.36. The number of nitrogens with zero attached hydrogens (tertiary/aromatic N) is 4. The second kappa shape index (κ2) is 7.05. The molecule has 2 unspecified atom stereocenters. The van der Waals surface area contributed by atoms with E-state index in [1.807, 2.05) is 0 Å². The second-order valence-corrected chi connectivity index (χ2v) is 10.1. The number of rotatable bonds is 3. The summed E-state index contributed by atoms with van der Waals surface area (Å²) < 4.78 is 68.7. The van der Waals surface area contributed by atoms with Crippen LogP contribution in [0.4, 0.5) is 22.0 Å². The number of hydrogen-bond acceptors (Lipinski definition) is 3. The van der Waals surface area contributed by atoms with E-state index in [0.29, 0.717) is 10.1 Å². The van der Waals surface area contributed by atoms with E-state index in [0.717, 1.165) is 18.9 Å². The van der Waals surface area contributed by atoms with Crippen molar-refractivity contribution in [2.45, 2.75) is 49.7 Å². The predicted octanol–water partition coefficient (Wildman–Crippen LogP) is 4.21. The van der Waals surface area contributed by atoms with E-state index < -0.39 is 35.5 Å². The number of hydrogen-bond donors (Lipinski definition) is 0. The predicted molar refractivity (Wildman–Crippen MR) is 110 cm³/mol. The third-order valence-electron chi connectivity index (χ3n) is 7.64. The molecule has 0 radical (unpaired) electrons. The summed E-state index contributed by atoms with van der Waals surface area (Å²) in [4.78, 5) is 28.6. The van der Waals surface area contributed by atoms with E-state index in [4.69, 9.17) is 11.6 Å². The van der Waals surface area contributed by atoms with Crippen molar-refractivity contribution in [3.05, 3.63) is 34.1 Å². The van der Waals surface area contributed by atoms with Crippen LogP contribution in [0.25, 0.3) is 5.52 Å². The number of pyridine rings is 1. The molecule has 3 saturated carbocycles. The number of halogens is 6. The number of fused-ring (bicyclic) bond motifs is 2. The maximum atomic E-state index is 13.7. The summed E-state index contributed by atoms with van der Waals surface area (Å²) in [5.41, 5.74) is -0.851. The molecular weight excluding hydrogens is 483 g/mol. The molecule has 2 aromatic rings. The molecule has 0 spiro atoms. The number of amides is 2. The highest BCUT2D eigenvalue weighted by atomic mass is 35.5. The zero-order valence-electron chi connectivity index (χ0n) is 17.8. The quantitative estimate of drug-likeness (QED) is 0.591. The number of alkyl halides is 5. The van der Waals surface area contributed by atoms with Crippen molar-refractivity contribution < 1.29 is 31.5 Å². The van der Waals surface area contributed by atoms with Gasteiger partial charge in [-0.3, -0.25) is 9.59 Å². The maximum Gasteiger partial charge on any atom is 0.433 e. The fraction of sp³-hybridized carbons (Fsp3) is 0.591. The molecule has 1 saturated heterocycles. The van der Waals surface area contributed by atoms with Gasteiger partial charge in [0.2, 0.25) is 5.91 Å². The lowest BCUT2D eigenvalue weighted by atomic mass is 10.1. The van der Waals surface area contributed by atoms with Crippen LogP contribution in [0, 0.1) is 11.8 Å². The van der Waals surface area contributed by atoms with Crippen molar-refractivity contribution >= 4 is 28.9 Å². The molecule has 0 bridgehead atoms. The minimum absolute atomic E-state index is 0.00202. The summed E-state index contributed by atoms with van der Waals surface area (Å²) in [6.07, 6.45) is -2.62. The summed E-state index contributed by atoms with van der Waals surface area (Å²) >= 11 is 6.34. The minimum Gasteiger partial charge on any atom is -0.336 e. The Hall–Kier alpha value is -2.43. The maximum absolute atomic E-state index is 13.7. The molecule has 1 aliphatic heterocycles. The van der Waals surface area contributed by atoms with Gasteiger partial charge in [-0.25, -0.2) is 13.3 Å². The van der Waals surface area contributed by atoms with Crippen molar-refractivity contribution in [3.8, 4) is 0 Å². The summed E-state index contributed by atoms with van der Waals surface area (Å²) in [5, 5.41) is 3.70. The lowest BCUT2D eigenvalue weighted by Crippen LogP contribution is -2.55. The lowest BCUT2D eigenvalue weighted by Gasteiger charge is -2.38. The van der Waals surface area contributed by atoms with Crippen molar-refractivity contribution in [1.29, 1.82) is 0 Å². The van der Waals surface area contributed by atoms with Crippen LogP contribution in [-0.2, 0) is 11.0 Å². The van der Waals surface area contributed by atoms with Crippen LogP contribution in [-0.4, -0.2) is 62.8 Å². The SMILES string of the molecule is O=C(c1nn2c(C(F)(F)F)cc(C3CC3)cc2c1Cl)N1CCN(C2CC3C(C2)C3(F)F)C(=O)C1. The fourth-order valence-electron chi connectivity index (χ4n) is 5.57. The second-order valence-electron chi connectivity index (χ2n) is 9.73. The third kappa shape index (κ3) is 3.30. The van der Waals surface area contributed by atoms with Crippen molar-refractivity contribution in [2.24, 2.45) is 11.8 Å². The first kappa shape index (κ1) is 22.1. The van der Waals surface area contributed by atoms with Gasteiger partial charge in [0.1, 0.15) is 12.2 Å². The number of aromatic nitrogens is 2. The Kier molecular flexibility index (Phi) is 4.58. The van der Waals surface area contributed by atoms with Crippen LogP contribution in [0.15, 0.2) is 12.1 Å². The topological polar surface area (TPSA) is 57.9 Å². The first-order chi connectivity index (χ1) is 16.0. The molecular formula is C22H20ClF5N4O2. The molecule has 34 heavy (non-hydrogen) atoms. The molecule has 12 heteroatoms. The zero-order valence-corrected chi connectivity index (χ0v) is 18.5. The molecule has 182 valence electrons. The molecule has 4 aliphatic rings. The summed E-state index contributed by atoms with van der Waals surface area (Å²) in [6, 6.07) is 2.30. The fourth-order valence-corrected chi connectivity index (χ4v) is 5.82. The first-order valence-corrected chi connectivity index (χ1v) is 11.6. The van der Waals surface area contributed by atoms with E-state index in [2.05, 4.69) is 5.10 Å². The molecule has 0 aromatic carbocycles. The Morgan fingerprint density at radius 1 is 1.12 bits per heavy atom. The average Bonchev–Trinajstić information content (AvgIpc) is 3.58. The van der Waals surface area contributed by atoms with E-state index in [-0.39, 0.29) is 66.6 Å². The van der Waals surface area contributed by atoms with Gasteiger partial charge in [0.15, 0.2) is 5.69 Å². The molecule has 3 heterocycles. The lowest BCUT2D eigenvalue weighted by molar-refractivity contribution is -0.142. The van der Waals surface area contributed by atoms with Crippen LogP contribution in [0.5, 0.6) is 0 Å². The van der Waals surface area contributed by atoms with Crippen molar-refractivity contribution in [1.82, 2.24) is 19.4 Å². The number of carbonyl (C=O) groups excluding carboxylic acids is 2. The Labute approximate surface area is 195 Å². The Balaban J connectivity index is 1.24. The van der Waals surface area contributed by atoms with Crippen molar-refractivity contribution in [2.75, 3.05) is 19.6 Å². The van der Waals surface area contributed by atoms with Gasteiger partial charge in [-0.05, 0) is 49.3 Å².